The van der Waals surface area contributed by atoms with Crippen molar-refractivity contribution in [2.75, 3.05) is 5.32 Å². The van der Waals surface area contributed by atoms with Crippen LogP contribution in [0.4, 0.5) is 10.5 Å². The number of nitrogens with zero attached hydrogens (tertiary/aromatic N) is 1. The molecule has 1 rings (SSSR count). The lowest BCUT2D eigenvalue weighted by atomic mass is 10.2. The van der Waals surface area contributed by atoms with E-state index in [2.05, 4.69) is 5.32 Å². The Kier molecular flexibility index (Phi) is 2.29. The Morgan fingerprint density at radius 1 is 1.42 bits per heavy atom. The maximum absolute atomic E-state index is 10.3. The number of hydrogen-bond donors (Lipinski definition) is 1. The highest BCUT2D eigenvalue weighted by Gasteiger charge is 1.95. The van der Waals surface area contributed by atoms with Crippen LogP contribution in [0, 0.1) is 11.3 Å². The lowest BCUT2D eigenvalue weighted by Crippen LogP contribution is -2.08. The Balaban J connectivity index is 2.80. The van der Waals surface area contributed by atoms with Crippen LogP contribution in [0.15, 0.2) is 24.3 Å². The number of amides is 2. The summed E-state index contributed by atoms with van der Waals surface area (Å²) in [5.41, 5.74) is 7.65. The van der Waals surface area contributed by atoms with Crippen LogP contribution >= 0.6 is 0 Å². The molecular weight excluding hydrogens is 154 g/mol. The number of benzene rings is 1. The first-order valence-corrected chi connectivity index (χ1v) is 3.25. The maximum Gasteiger partial charge on any atom is 0.337 e. The van der Waals surface area contributed by atoms with Gasteiger partial charge in [-0.3, -0.25) is 0 Å². The summed E-state index contributed by atoms with van der Waals surface area (Å²) in [7, 11) is 0. The number of nitriles is 1. The summed E-state index contributed by atoms with van der Waals surface area (Å²) in [5.74, 6) is 0. The maximum atomic E-state index is 10.3. The van der Waals surface area contributed by atoms with Crippen LogP contribution in [0.5, 0.6) is 0 Å². The van der Waals surface area contributed by atoms with Crippen LogP contribution in [0.3, 0.4) is 0 Å². The zero-order valence-electron chi connectivity index (χ0n) is 6.16. The zero-order valence-corrected chi connectivity index (χ0v) is 6.16. The zero-order chi connectivity index (χ0) is 8.97. The van der Waals surface area contributed by atoms with Crippen molar-refractivity contribution < 1.29 is 4.79 Å². The Hall–Kier alpha value is -2.02. The SMILES string of the molecule is N#Cc1ccc(NC([NH])=O)cc1. The van der Waals surface area contributed by atoms with Gasteiger partial charge in [-0.25, -0.2) is 10.5 Å². The van der Waals surface area contributed by atoms with E-state index in [1.165, 1.54) is 0 Å². The predicted molar refractivity (Wildman–Crippen MR) is 43.3 cm³/mol. The van der Waals surface area contributed by atoms with Gasteiger partial charge in [-0.1, -0.05) is 0 Å². The molecule has 0 aliphatic heterocycles. The molecule has 0 aliphatic carbocycles. The smallest absolute Gasteiger partial charge is 0.307 e. The highest BCUT2D eigenvalue weighted by Crippen LogP contribution is 2.07. The van der Waals surface area contributed by atoms with Gasteiger partial charge in [0.1, 0.15) is 0 Å². The van der Waals surface area contributed by atoms with E-state index >= 15 is 0 Å². The molecule has 0 unspecified atom stereocenters. The van der Waals surface area contributed by atoms with Crippen LogP contribution in [-0.2, 0) is 0 Å². The molecule has 4 heteroatoms. The van der Waals surface area contributed by atoms with Crippen LogP contribution in [0.1, 0.15) is 5.56 Å². The van der Waals surface area contributed by atoms with Crippen molar-refractivity contribution in [2.24, 2.45) is 0 Å². The second-order valence-electron chi connectivity index (χ2n) is 2.14. The first kappa shape index (κ1) is 8.08. The molecule has 0 saturated heterocycles. The summed E-state index contributed by atoms with van der Waals surface area (Å²) >= 11 is 0. The molecule has 0 saturated carbocycles. The van der Waals surface area contributed by atoms with Crippen molar-refractivity contribution in [1.82, 2.24) is 5.73 Å². The van der Waals surface area contributed by atoms with E-state index in [-0.39, 0.29) is 0 Å². The monoisotopic (exact) mass is 160 g/mol. The number of hydrogen-bond acceptors (Lipinski definition) is 2. The number of urea groups is 1. The van der Waals surface area contributed by atoms with Gasteiger partial charge < -0.3 is 5.32 Å². The van der Waals surface area contributed by atoms with E-state index in [0.717, 1.165) is 0 Å². The molecule has 0 aromatic heterocycles. The first-order valence-electron chi connectivity index (χ1n) is 3.25. The van der Waals surface area contributed by atoms with Crippen molar-refractivity contribution in [3.63, 3.8) is 0 Å². The summed E-state index contributed by atoms with van der Waals surface area (Å²) < 4.78 is 0. The highest BCUT2D eigenvalue weighted by molar-refractivity contribution is 5.87. The predicted octanol–water partition coefficient (Wildman–Crippen LogP) is 1.37. The molecule has 59 valence electrons. The summed E-state index contributed by atoms with van der Waals surface area (Å²) in [6.07, 6.45) is 0. The average molecular weight is 160 g/mol. The minimum atomic E-state index is -0.861. The van der Waals surface area contributed by atoms with Gasteiger partial charge in [0.2, 0.25) is 0 Å². The molecule has 12 heavy (non-hydrogen) atoms. The highest BCUT2D eigenvalue weighted by atomic mass is 16.2. The third kappa shape index (κ3) is 1.99. The fourth-order valence-electron chi connectivity index (χ4n) is 0.759. The van der Waals surface area contributed by atoms with Gasteiger partial charge >= 0.3 is 6.03 Å². The van der Waals surface area contributed by atoms with Crippen molar-refractivity contribution >= 4 is 11.7 Å². The van der Waals surface area contributed by atoms with Gasteiger partial charge in [0.05, 0.1) is 11.6 Å². The number of anilines is 1. The Labute approximate surface area is 69.6 Å². The van der Waals surface area contributed by atoms with E-state index in [9.17, 15) is 4.79 Å². The Morgan fingerprint density at radius 3 is 2.42 bits per heavy atom. The molecule has 1 aromatic rings. The van der Waals surface area contributed by atoms with Gasteiger partial charge in [0.25, 0.3) is 0 Å². The number of carbonyl (C=O) groups is 1. The van der Waals surface area contributed by atoms with E-state index < -0.39 is 6.03 Å². The van der Waals surface area contributed by atoms with E-state index in [1.807, 2.05) is 6.07 Å². The van der Waals surface area contributed by atoms with Gasteiger partial charge in [0, 0.05) is 5.69 Å². The summed E-state index contributed by atoms with van der Waals surface area (Å²) in [5, 5.41) is 10.7. The average Bonchev–Trinajstić information content (AvgIpc) is 2.05. The summed E-state index contributed by atoms with van der Waals surface area (Å²) in [4.78, 5) is 10.3. The van der Waals surface area contributed by atoms with Gasteiger partial charge in [-0.2, -0.15) is 5.26 Å². The second-order valence-corrected chi connectivity index (χ2v) is 2.14. The molecular formula is C8H6N3O. The van der Waals surface area contributed by atoms with Crippen molar-refractivity contribution in [3.05, 3.63) is 29.8 Å². The molecule has 0 fully saturated rings. The Bertz CT molecular complexity index is 323. The van der Waals surface area contributed by atoms with Crippen molar-refractivity contribution in [2.45, 2.75) is 0 Å². The van der Waals surface area contributed by atoms with Crippen molar-refractivity contribution in [1.29, 1.82) is 5.26 Å². The van der Waals surface area contributed by atoms with E-state index in [4.69, 9.17) is 11.0 Å². The summed E-state index contributed by atoms with van der Waals surface area (Å²) in [6.45, 7) is 0. The lowest BCUT2D eigenvalue weighted by molar-refractivity contribution is 0.258. The second kappa shape index (κ2) is 3.39. The normalized spacial score (nSPS) is 8.58. The molecule has 1 radical (unpaired) electrons. The third-order valence-corrected chi connectivity index (χ3v) is 1.27. The van der Waals surface area contributed by atoms with Gasteiger partial charge in [0.15, 0.2) is 0 Å². The molecule has 0 heterocycles. The number of rotatable bonds is 1. The molecule has 4 nitrogen and oxygen atoms in total. The fourth-order valence-corrected chi connectivity index (χ4v) is 0.759. The van der Waals surface area contributed by atoms with Crippen LogP contribution in [0.25, 0.3) is 0 Å². The molecule has 0 aliphatic rings. The Morgan fingerprint density at radius 2 is 2.00 bits per heavy atom. The molecule has 0 bridgehead atoms. The molecule has 0 atom stereocenters. The van der Waals surface area contributed by atoms with Crippen molar-refractivity contribution in [3.8, 4) is 6.07 Å². The number of nitrogens with one attached hydrogen (secondary N) is 2. The minimum Gasteiger partial charge on any atom is -0.307 e. The third-order valence-electron chi connectivity index (χ3n) is 1.27. The van der Waals surface area contributed by atoms with Gasteiger partial charge in [-0.05, 0) is 24.3 Å². The molecule has 2 amide bonds. The lowest BCUT2D eigenvalue weighted by Gasteiger charge is -1.98. The number of carbonyl (C=O) groups excluding carboxylic acids is 1. The topological polar surface area (TPSA) is 76.7 Å². The fraction of sp³-hybridized carbons (Fsp3) is 0. The van der Waals surface area contributed by atoms with E-state index in [1.54, 1.807) is 24.3 Å². The minimum absolute atomic E-state index is 0.522. The van der Waals surface area contributed by atoms with E-state index in [0.29, 0.717) is 11.3 Å². The van der Waals surface area contributed by atoms with Crippen LogP contribution in [0.2, 0.25) is 0 Å². The quantitative estimate of drug-likeness (QED) is 0.673. The first-order chi connectivity index (χ1) is 5.72. The summed E-state index contributed by atoms with van der Waals surface area (Å²) in [6, 6.07) is 7.38. The molecule has 1 aromatic carbocycles. The largest absolute Gasteiger partial charge is 0.337 e. The van der Waals surface area contributed by atoms with Crippen LogP contribution in [-0.4, -0.2) is 6.03 Å². The van der Waals surface area contributed by atoms with Crippen LogP contribution < -0.4 is 11.1 Å². The molecule has 2 N–H and O–H groups in total. The van der Waals surface area contributed by atoms with Gasteiger partial charge in [-0.15, -0.1) is 0 Å². The standard InChI is InChI=1S/C8H6N3O/c9-5-6-1-3-7(4-2-6)11-8(10)12/h1-4,10H,(H,11,12). The molecule has 0 spiro atoms.